The average Bonchev–Trinajstić information content (AvgIpc) is 2.79. The van der Waals surface area contributed by atoms with Crippen LogP contribution in [0.25, 0.3) is 0 Å². The van der Waals surface area contributed by atoms with Gasteiger partial charge in [0.2, 0.25) is 0 Å². The second kappa shape index (κ2) is 6.16. The van der Waals surface area contributed by atoms with E-state index < -0.39 is 4.92 Å². The normalized spacial score (nSPS) is 22.4. The summed E-state index contributed by atoms with van der Waals surface area (Å²) in [5.41, 5.74) is -0.117. The first-order chi connectivity index (χ1) is 9.11. The van der Waals surface area contributed by atoms with Gasteiger partial charge in [0.05, 0.1) is 9.95 Å². The Morgan fingerprint density at radius 3 is 3.00 bits per heavy atom. The summed E-state index contributed by atoms with van der Waals surface area (Å²) < 4.78 is 0. The van der Waals surface area contributed by atoms with Crippen molar-refractivity contribution in [1.82, 2.24) is 4.98 Å². The van der Waals surface area contributed by atoms with Gasteiger partial charge in [-0.3, -0.25) is 10.1 Å². The monoisotopic (exact) mass is 285 g/mol. The van der Waals surface area contributed by atoms with Gasteiger partial charge in [0.1, 0.15) is 12.0 Å². The van der Waals surface area contributed by atoms with Crippen LogP contribution in [0.15, 0.2) is 12.3 Å². The fourth-order valence-electron chi connectivity index (χ4n) is 2.55. The molecule has 0 amide bonds. The quantitative estimate of drug-likeness (QED) is 0.641. The molecule has 0 aliphatic heterocycles. The van der Waals surface area contributed by atoms with Crippen LogP contribution >= 0.6 is 11.6 Å². The van der Waals surface area contributed by atoms with Gasteiger partial charge in [-0.05, 0) is 25.2 Å². The summed E-state index contributed by atoms with van der Waals surface area (Å²) in [6, 6.07) is 1.52. The minimum atomic E-state index is -0.521. The molecule has 1 aromatic heterocycles. The van der Waals surface area contributed by atoms with E-state index in [2.05, 4.69) is 10.3 Å². The van der Waals surface area contributed by atoms with Gasteiger partial charge >= 0.3 is 0 Å². The highest BCUT2D eigenvalue weighted by atomic mass is 35.5. The molecule has 0 radical (unpaired) electrons. The lowest BCUT2D eigenvalue weighted by molar-refractivity contribution is -0.385. The van der Waals surface area contributed by atoms with Crippen LogP contribution in [0.5, 0.6) is 0 Å². The molecule has 2 rings (SSSR count). The SMILES string of the molecule is O=[N+]([O-])c1cnc(NC2CCCC2CCO)c(Cl)c1. The van der Waals surface area contributed by atoms with Gasteiger partial charge in [-0.1, -0.05) is 18.0 Å². The number of aliphatic hydroxyl groups is 1. The van der Waals surface area contributed by atoms with Crippen molar-refractivity contribution in [3.8, 4) is 0 Å². The summed E-state index contributed by atoms with van der Waals surface area (Å²) in [5, 5.41) is 23.1. The molecule has 104 valence electrons. The maximum Gasteiger partial charge on any atom is 0.289 e. The van der Waals surface area contributed by atoms with E-state index >= 15 is 0 Å². The van der Waals surface area contributed by atoms with Crippen LogP contribution in [0.1, 0.15) is 25.7 Å². The van der Waals surface area contributed by atoms with E-state index in [-0.39, 0.29) is 23.4 Å². The zero-order valence-corrected chi connectivity index (χ0v) is 11.1. The van der Waals surface area contributed by atoms with Crippen LogP contribution in [-0.2, 0) is 0 Å². The number of nitrogens with one attached hydrogen (secondary N) is 1. The van der Waals surface area contributed by atoms with E-state index in [4.69, 9.17) is 16.7 Å². The van der Waals surface area contributed by atoms with Crippen LogP contribution in [0.2, 0.25) is 5.02 Å². The Labute approximate surface area is 116 Å². The third kappa shape index (κ3) is 3.33. The van der Waals surface area contributed by atoms with E-state index in [9.17, 15) is 10.1 Å². The first kappa shape index (κ1) is 14.0. The molecule has 0 saturated heterocycles. The van der Waals surface area contributed by atoms with Crippen LogP contribution in [0.3, 0.4) is 0 Å². The van der Waals surface area contributed by atoms with Crippen molar-refractivity contribution in [3.05, 3.63) is 27.4 Å². The highest BCUT2D eigenvalue weighted by Gasteiger charge is 2.27. The molecule has 2 unspecified atom stereocenters. The van der Waals surface area contributed by atoms with Crippen molar-refractivity contribution in [2.75, 3.05) is 11.9 Å². The summed E-state index contributed by atoms with van der Waals surface area (Å²) in [6.07, 6.45) is 5.13. The Hall–Kier alpha value is -1.40. The van der Waals surface area contributed by atoms with Gasteiger partial charge in [-0.2, -0.15) is 0 Å². The predicted octanol–water partition coefficient (Wildman–Crippen LogP) is 2.61. The van der Waals surface area contributed by atoms with Gasteiger partial charge in [0, 0.05) is 18.7 Å². The highest BCUT2D eigenvalue weighted by Crippen LogP contribution is 2.32. The molecule has 1 saturated carbocycles. The molecule has 2 N–H and O–H groups in total. The van der Waals surface area contributed by atoms with E-state index in [1.165, 1.54) is 12.3 Å². The van der Waals surface area contributed by atoms with Crippen LogP contribution in [-0.4, -0.2) is 27.7 Å². The molecule has 2 atom stereocenters. The van der Waals surface area contributed by atoms with Crippen LogP contribution in [0.4, 0.5) is 11.5 Å². The summed E-state index contributed by atoms with van der Waals surface area (Å²) in [5.74, 6) is 0.875. The minimum absolute atomic E-state index is 0.117. The van der Waals surface area contributed by atoms with Crippen molar-refractivity contribution in [2.45, 2.75) is 31.7 Å². The second-order valence-corrected chi connectivity index (χ2v) is 5.14. The van der Waals surface area contributed by atoms with Crippen molar-refractivity contribution >= 4 is 23.1 Å². The zero-order chi connectivity index (χ0) is 13.8. The van der Waals surface area contributed by atoms with Gasteiger partial charge < -0.3 is 10.4 Å². The van der Waals surface area contributed by atoms with Crippen molar-refractivity contribution in [3.63, 3.8) is 0 Å². The fraction of sp³-hybridized carbons (Fsp3) is 0.583. The molecule has 6 nitrogen and oxygen atoms in total. The van der Waals surface area contributed by atoms with E-state index in [0.717, 1.165) is 25.7 Å². The maximum atomic E-state index is 10.6. The number of hydrogen-bond donors (Lipinski definition) is 2. The summed E-state index contributed by atoms with van der Waals surface area (Å²) >= 11 is 6.00. The molecule has 0 spiro atoms. The first-order valence-corrected chi connectivity index (χ1v) is 6.67. The summed E-state index contributed by atoms with van der Waals surface area (Å²) in [6.45, 7) is 0.171. The number of rotatable bonds is 5. The predicted molar refractivity (Wildman–Crippen MR) is 72.4 cm³/mol. The third-order valence-electron chi connectivity index (χ3n) is 3.52. The Morgan fingerprint density at radius 2 is 2.37 bits per heavy atom. The van der Waals surface area contributed by atoms with Crippen molar-refractivity contribution in [1.29, 1.82) is 0 Å². The Kier molecular flexibility index (Phi) is 4.55. The number of pyridine rings is 1. The Balaban J connectivity index is 2.08. The second-order valence-electron chi connectivity index (χ2n) is 4.74. The fourth-order valence-corrected chi connectivity index (χ4v) is 2.76. The maximum absolute atomic E-state index is 10.6. The number of hydrogen-bond acceptors (Lipinski definition) is 5. The first-order valence-electron chi connectivity index (χ1n) is 6.29. The van der Waals surface area contributed by atoms with Gasteiger partial charge in [-0.25, -0.2) is 4.98 Å². The van der Waals surface area contributed by atoms with Crippen molar-refractivity contribution < 1.29 is 10.0 Å². The van der Waals surface area contributed by atoms with E-state index in [1.54, 1.807) is 0 Å². The molecular weight excluding hydrogens is 270 g/mol. The molecule has 1 aliphatic carbocycles. The summed E-state index contributed by atoms with van der Waals surface area (Å²) in [7, 11) is 0. The smallest absolute Gasteiger partial charge is 0.289 e. The molecule has 0 aromatic carbocycles. The number of aromatic nitrogens is 1. The largest absolute Gasteiger partial charge is 0.396 e. The average molecular weight is 286 g/mol. The van der Waals surface area contributed by atoms with Gasteiger partial charge in [-0.15, -0.1) is 0 Å². The third-order valence-corrected chi connectivity index (χ3v) is 3.81. The molecule has 1 aromatic rings. The number of nitrogens with zero attached hydrogens (tertiary/aromatic N) is 2. The number of anilines is 1. The molecule has 1 aliphatic rings. The number of halogens is 1. The standard InChI is InChI=1S/C12H16ClN3O3/c13-10-6-9(16(18)19)7-14-12(10)15-11-3-1-2-8(11)4-5-17/h6-8,11,17H,1-5H2,(H,14,15). The van der Waals surface area contributed by atoms with Crippen LogP contribution in [0, 0.1) is 16.0 Å². The minimum Gasteiger partial charge on any atom is -0.396 e. The molecule has 1 fully saturated rings. The summed E-state index contributed by atoms with van der Waals surface area (Å²) in [4.78, 5) is 14.1. The van der Waals surface area contributed by atoms with Gasteiger partial charge in [0.15, 0.2) is 0 Å². The topological polar surface area (TPSA) is 88.3 Å². The molecule has 0 bridgehead atoms. The van der Waals surface area contributed by atoms with E-state index in [0.29, 0.717) is 11.7 Å². The lowest BCUT2D eigenvalue weighted by atomic mass is 10.00. The van der Waals surface area contributed by atoms with Gasteiger partial charge in [0.25, 0.3) is 5.69 Å². The number of aliphatic hydroxyl groups excluding tert-OH is 1. The Bertz CT molecular complexity index is 470. The van der Waals surface area contributed by atoms with E-state index in [1.807, 2.05) is 0 Å². The van der Waals surface area contributed by atoms with Crippen molar-refractivity contribution in [2.24, 2.45) is 5.92 Å². The number of nitro groups is 1. The molecular formula is C12H16ClN3O3. The lowest BCUT2D eigenvalue weighted by Crippen LogP contribution is -2.25. The van der Waals surface area contributed by atoms with Crippen LogP contribution < -0.4 is 5.32 Å². The lowest BCUT2D eigenvalue weighted by Gasteiger charge is -2.21. The molecule has 19 heavy (non-hydrogen) atoms. The zero-order valence-electron chi connectivity index (χ0n) is 10.4. The molecule has 1 heterocycles. The Morgan fingerprint density at radius 1 is 1.58 bits per heavy atom. The highest BCUT2D eigenvalue weighted by molar-refractivity contribution is 6.33. The molecule has 7 heteroatoms.